The SMILES string of the molecule is O=C1C[C@@H]2CC[C@H](CN1)N2C1CCOCC1. The van der Waals surface area contributed by atoms with Crippen molar-refractivity contribution in [3.8, 4) is 0 Å². The molecular formula is C12H20N2O2. The van der Waals surface area contributed by atoms with Crippen molar-refractivity contribution in [1.82, 2.24) is 10.2 Å². The van der Waals surface area contributed by atoms with Gasteiger partial charge in [-0.3, -0.25) is 9.69 Å². The number of carbonyl (C=O) groups excluding carboxylic acids is 1. The number of ether oxygens (including phenoxy) is 1. The summed E-state index contributed by atoms with van der Waals surface area (Å²) >= 11 is 0. The third kappa shape index (κ3) is 1.84. The lowest BCUT2D eigenvalue weighted by Crippen LogP contribution is -2.47. The first-order valence-electron chi connectivity index (χ1n) is 6.46. The van der Waals surface area contributed by atoms with E-state index in [1.807, 2.05) is 0 Å². The van der Waals surface area contributed by atoms with Crippen molar-refractivity contribution in [1.29, 1.82) is 0 Å². The molecule has 3 rings (SSSR count). The van der Waals surface area contributed by atoms with Gasteiger partial charge in [0.2, 0.25) is 5.91 Å². The van der Waals surface area contributed by atoms with E-state index in [1.165, 1.54) is 12.8 Å². The molecule has 4 nitrogen and oxygen atoms in total. The Balaban J connectivity index is 1.75. The van der Waals surface area contributed by atoms with Crippen LogP contribution in [0, 0.1) is 0 Å². The maximum absolute atomic E-state index is 11.5. The first-order valence-corrected chi connectivity index (χ1v) is 6.46. The summed E-state index contributed by atoms with van der Waals surface area (Å²) < 4.78 is 5.42. The zero-order chi connectivity index (χ0) is 11.0. The van der Waals surface area contributed by atoms with Gasteiger partial charge in [0, 0.05) is 44.3 Å². The van der Waals surface area contributed by atoms with Crippen LogP contribution in [0.1, 0.15) is 32.1 Å². The Kier molecular flexibility index (Phi) is 2.86. The minimum atomic E-state index is 0.240. The van der Waals surface area contributed by atoms with E-state index in [2.05, 4.69) is 10.2 Å². The van der Waals surface area contributed by atoms with E-state index < -0.39 is 0 Å². The van der Waals surface area contributed by atoms with Crippen molar-refractivity contribution >= 4 is 5.91 Å². The molecule has 2 bridgehead atoms. The number of hydrogen-bond acceptors (Lipinski definition) is 3. The van der Waals surface area contributed by atoms with Crippen LogP contribution in [0.25, 0.3) is 0 Å². The zero-order valence-corrected chi connectivity index (χ0v) is 9.65. The van der Waals surface area contributed by atoms with Crippen LogP contribution in [0.15, 0.2) is 0 Å². The Labute approximate surface area is 96.3 Å². The highest BCUT2D eigenvalue weighted by Crippen LogP contribution is 2.33. The van der Waals surface area contributed by atoms with E-state index in [-0.39, 0.29) is 5.91 Å². The van der Waals surface area contributed by atoms with Crippen LogP contribution < -0.4 is 5.32 Å². The fourth-order valence-corrected chi connectivity index (χ4v) is 3.49. The maximum Gasteiger partial charge on any atom is 0.221 e. The molecule has 0 spiro atoms. The number of hydrogen-bond donors (Lipinski definition) is 1. The number of rotatable bonds is 1. The summed E-state index contributed by atoms with van der Waals surface area (Å²) in [5, 5.41) is 3.03. The third-order valence-corrected chi connectivity index (χ3v) is 4.24. The smallest absolute Gasteiger partial charge is 0.221 e. The average molecular weight is 224 g/mol. The zero-order valence-electron chi connectivity index (χ0n) is 9.65. The summed E-state index contributed by atoms with van der Waals surface area (Å²) in [6.45, 7) is 2.64. The van der Waals surface area contributed by atoms with Crippen molar-refractivity contribution in [3.05, 3.63) is 0 Å². The quantitative estimate of drug-likeness (QED) is 0.706. The Morgan fingerprint density at radius 2 is 1.81 bits per heavy atom. The molecule has 0 saturated carbocycles. The van der Waals surface area contributed by atoms with Crippen molar-refractivity contribution in [2.45, 2.75) is 50.2 Å². The molecule has 90 valence electrons. The molecule has 3 aliphatic rings. The molecular weight excluding hydrogens is 204 g/mol. The minimum absolute atomic E-state index is 0.240. The van der Waals surface area contributed by atoms with Gasteiger partial charge >= 0.3 is 0 Å². The number of amides is 1. The van der Waals surface area contributed by atoms with Gasteiger partial charge in [0.1, 0.15) is 0 Å². The lowest BCUT2D eigenvalue weighted by molar-refractivity contribution is -0.121. The molecule has 2 atom stereocenters. The predicted octanol–water partition coefficient (Wildman–Crippen LogP) is 0.518. The largest absolute Gasteiger partial charge is 0.381 e. The molecule has 1 N–H and O–H groups in total. The molecule has 0 aliphatic carbocycles. The molecule has 0 aromatic rings. The van der Waals surface area contributed by atoms with Gasteiger partial charge in [-0.15, -0.1) is 0 Å². The minimum Gasteiger partial charge on any atom is -0.381 e. The number of nitrogens with zero attached hydrogens (tertiary/aromatic N) is 1. The van der Waals surface area contributed by atoms with Crippen molar-refractivity contribution in [3.63, 3.8) is 0 Å². The summed E-state index contributed by atoms with van der Waals surface area (Å²) in [5.41, 5.74) is 0. The molecule has 3 fully saturated rings. The third-order valence-electron chi connectivity index (χ3n) is 4.24. The highest BCUT2D eigenvalue weighted by atomic mass is 16.5. The van der Waals surface area contributed by atoms with E-state index in [1.54, 1.807) is 0 Å². The second-order valence-corrected chi connectivity index (χ2v) is 5.18. The fourth-order valence-electron chi connectivity index (χ4n) is 3.49. The van der Waals surface area contributed by atoms with Crippen molar-refractivity contribution in [2.24, 2.45) is 0 Å². The molecule has 0 unspecified atom stereocenters. The fraction of sp³-hybridized carbons (Fsp3) is 0.917. The molecule has 3 saturated heterocycles. The lowest BCUT2D eigenvalue weighted by atomic mass is 10.0. The predicted molar refractivity (Wildman–Crippen MR) is 60.1 cm³/mol. The van der Waals surface area contributed by atoms with Gasteiger partial charge in [-0.25, -0.2) is 0 Å². The monoisotopic (exact) mass is 224 g/mol. The molecule has 3 aliphatic heterocycles. The van der Waals surface area contributed by atoms with Crippen molar-refractivity contribution in [2.75, 3.05) is 19.8 Å². The van der Waals surface area contributed by atoms with Gasteiger partial charge in [0.05, 0.1) is 0 Å². The first-order chi connectivity index (χ1) is 7.84. The van der Waals surface area contributed by atoms with Crippen LogP contribution in [0.4, 0.5) is 0 Å². The molecule has 0 radical (unpaired) electrons. The van der Waals surface area contributed by atoms with Gasteiger partial charge in [0.15, 0.2) is 0 Å². The second-order valence-electron chi connectivity index (χ2n) is 5.18. The maximum atomic E-state index is 11.5. The van der Waals surface area contributed by atoms with Crippen LogP contribution in [-0.4, -0.2) is 48.7 Å². The van der Waals surface area contributed by atoms with Crippen molar-refractivity contribution < 1.29 is 9.53 Å². The Bertz CT molecular complexity index is 276. The van der Waals surface area contributed by atoms with E-state index in [4.69, 9.17) is 4.74 Å². The summed E-state index contributed by atoms with van der Waals surface area (Å²) in [5.74, 6) is 0.240. The summed E-state index contributed by atoms with van der Waals surface area (Å²) in [4.78, 5) is 14.2. The van der Waals surface area contributed by atoms with Crippen LogP contribution in [0.2, 0.25) is 0 Å². The highest BCUT2D eigenvalue weighted by molar-refractivity contribution is 5.77. The highest BCUT2D eigenvalue weighted by Gasteiger charge is 2.41. The Morgan fingerprint density at radius 3 is 2.62 bits per heavy atom. The first kappa shape index (κ1) is 10.5. The van der Waals surface area contributed by atoms with Gasteiger partial charge in [-0.1, -0.05) is 0 Å². The van der Waals surface area contributed by atoms with Crippen LogP contribution in [-0.2, 0) is 9.53 Å². The molecule has 0 aromatic heterocycles. The average Bonchev–Trinajstić information content (AvgIpc) is 2.61. The topological polar surface area (TPSA) is 41.6 Å². The molecule has 16 heavy (non-hydrogen) atoms. The van der Waals surface area contributed by atoms with Crippen LogP contribution in [0.3, 0.4) is 0 Å². The van der Waals surface area contributed by atoms with Gasteiger partial charge < -0.3 is 10.1 Å². The van der Waals surface area contributed by atoms with E-state index in [0.29, 0.717) is 24.5 Å². The Morgan fingerprint density at radius 1 is 1.06 bits per heavy atom. The van der Waals surface area contributed by atoms with E-state index in [0.717, 1.165) is 32.6 Å². The molecule has 0 aromatic carbocycles. The molecule has 3 heterocycles. The number of carbonyl (C=O) groups is 1. The number of nitrogens with one attached hydrogen (secondary N) is 1. The van der Waals surface area contributed by atoms with E-state index >= 15 is 0 Å². The molecule has 4 heteroatoms. The van der Waals surface area contributed by atoms with Crippen LogP contribution in [0.5, 0.6) is 0 Å². The summed E-state index contributed by atoms with van der Waals surface area (Å²) in [6.07, 6.45) is 5.44. The number of fused-ring (bicyclic) bond motifs is 2. The van der Waals surface area contributed by atoms with Gasteiger partial charge in [0.25, 0.3) is 0 Å². The summed E-state index contributed by atoms with van der Waals surface area (Å²) in [6, 6.07) is 1.73. The Hall–Kier alpha value is -0.610. The lowest BCUT2D eigenvalue weighted by Gasteiger charge is -2.37. The standard InChI is InChI=1S/C12H20N2O2/c15-12-7-10-1-2-11(8-13-12)14(10)9-3-5-16-6-4-9/h9-11H,1-8H2,(H,13,15)/t10-,11+/m0/s1. The normalized spacial score (nSPS) is 37.1. The van der Waals surface area contributed by atoms with Crippen LogP contribution >= 0.6 is 0 Å². The molecule has 1 amide bonds. The van der Waals surface area contributed by atoms with E-state index in [9.17, 15) is 4.79 Å². The summed E-state index contributed by atoms with van der Waals surface area (Å²) in [7, 11) is 0. The van der Waals surface area contributed by atoms with Gasteiger partial charge in [-0.2, -0.15) is 0 Å². The van der Waals surface area contributed by atoms with Gasteiger partial charge in [-0.05, 0) is 25.7 Å². The second kappa shape index (κ2) is 4.34.